The number of hydrogen-bond acceptors (Lipinski definition) is 4. The maximum atomic E-state index is 10.5. The molecular weight excluding hydrogens is 198 g/mol. The van der Waals surface area contributed by atoms with Crippen molar-refractivity contribution in [3.8, 4) is 5.88 Å². The number of carboxylic acids is 1. The number of carboxylic acid groups (broad SMARTS) is 1. The molecule has 2 N–H and O–H groups in total. The van der Waals surface area contributed by atoms with Crippen LogP contribution in [0.15, 0.2) is 18.2 Å². The Morgan fingerprint density at radius 3 is 2.67 bits per heavy atom. The number of pyridine rings is 1. The first-order valence-corrected chi connectivity index (χ1v) is 4.55. The molecule has 1 unspecified atom stereocenters. The molecule has 5 heteroatoms. The third kappa shape index (κ3) is 3.21. The largest absolute Gasteiger partial charge is 0.479 e. The Labute approximate surface area is 87.3 Å². The van der Waals surface area contributed by atoms with Gasteiger partial charge in [-0.15, -0.1) is 0 Å². The number of rotatable bonds is 4. The molecule has 1 aromatic rings. The van der Waals surface area contributed by atoms with E-state index in [1.54, 1.807) is 12.1 Å². The smallest absolute Gasteiger partial charge is 0.338 e. The minimum Gasteiger partial charge on any atom is -0.479 e. The van der Waals surface area contributed by atoms with Gasteiger partial charge in [0.05, 0.1) is 11.8 Å². The summed E-state index contributed by atoms with van der Waals surface area (Å²) in [6, 6.07) is 4.64. The van der Waals surface area contributed by atoms with E-state index in [2.05, 4.69) is 4.98 Å². The Morgan fingerprint density at radius 2 is 2.13 bits per heavy atom. The molecule has 1 heterocycles. The first-order chi connectivity index (χ1) is 7.00. The van der Waals surface area contributed by atoms with Crippen LogP contribution in [0.25, 0.3) is 0 Å². The third-order valence-corrected chi connectivity index (χ3v) is 1.62. The number of aliphatic hydroxyl groups is 1. The molecule has 82 valence electrons. The van der Waals surface area contributed by atoms with Gasteiger partial charge in [-0.3, -0.25) is 0 Å². The highest BCUT2D eigenvalue weighted by atomic mass is 16.5. The van der Waals surface area contributed by atoms with E-state index in [9.17, 15) is 9.90 Å². The summed E-state index contributed by atoms with van der Waals surface area (Å²) in [5.74, 6) is -1.02. The molecule has 0 fully saturated rings. The third-order valence-electron chi connectivity index (χ3n) is 1.62. The Kier molecular flexibility index (Phi) is 3.62. The number of nitrogens with zero attached hydrogens (tertiary/aromatic N) is 1. The van der Waals surface area contributed by atoms with Gasteiger partial charge in [0.15, 0.2) is 6.10 Å². The van der Waals surface area contributed by atoms with E-state index in [1.807, 2.05) is 13.8 Å². The van der Waals surface area contributed by atoms with Crippen molar-refractivity contribution in [2.24, 2.45) is 0 Å². The monoisotopic (exact) mass is 211 g/mol. The molecule has 1 aromatic heterocycles. The molecule has 0 amide bonds. The second kappa shape index (κ2) is 4.75. The quantitative estimate of drug-likeness (QED) is 0.776. The SMILES string of the molecule is CC(C)Oc1cccc(C(O)C(=O)O)n1. The molecule has 0 saturated carbocycles. The van der Waals surface area contributed by atoms with E-state index in [0.717, 1.165) is 0 Å². The summed E-state index contributed by atoms with van der Waals surface area (Å²) in [7, 11) is 0. The van der Waals surface area contributed by atoms with Crippen molar-refractivity contribution in [2.45, 2.75) is 26.1 Å². The molecule has 0 aliphatic carbocycles. The normalized spacial score (nSPS) is 12.5. The number of hydrogen-bond donors (Lipinski definition) is 2. The van der Waals surface area contributed by atoms with Crippen LogP contribution in [0.3, 0.4) is 0 Å². The molecule has 5 nitrogen and oxygen atoms in total. The van der Waals surface area contributed by atoms with Crippen LogP contribution in [0.5, 0.6) is 5.88 Å². The number of aromatic nitrogens is 1. The maximum Gasteiger partial charge on any atom is 0.338 e. The zero-order valence-electron chi connectivity index (χ0n) is 8.54. The summed E-state index contributed by atoms with van der Waals surface area (Å²) in [5, 5.41) is 17.8. The lowest BCUT2D eigenvalue weighted by Crippen LogP contribution is -2.13. The molecule has 0 radical (unpaired) electrons. The fourth-order valence-corrected chi connectivity index (χ4v) is 1.02. The Bertz CT molecular complexity index is 351. The van der Waals surface area contributed by atoms with Crippen molar-refractivity contribution in [1.29, 1.82) is 0 Å². The van der Waals surface area contributed by atoms with Gasteiger partial charge in [0.1, 0.15) is 0 Å². The Morgan fingerprint density at radius 1 is 1.47 bits per heavy atom. The van der Waals surface area contributed by atoms with Gasteiger partial charge >= 0.3 is 5.97 Å². The highest BCUT2D eigenvalue weighted by Gasteiger charge is 2.17. The summed E-state index contributed by atoms with van der Waals surface area (Å²) >= 11 is 0. The van der Waals surface area contributed by atoms with E-state index in [4.69, 9.17) is 9.84 Å². The predicted molar refractivity (Wildman–Crippen MR) is 52.6 cm³/mol. The molecule has 0 aliphatic heterocycles. The highest BCUT2D eigenvalue weighted by Crippen LogP contribution is 2.15. The number of aliphatic carboxylic acids is 1. The number of carbonyl (C=O) groups is 1. The lowest BCUT2D eigenvalue weighted by Gasteiger charge is -2.10. The standard InChI is InChI=1S/C10H13NO4/c1-6(2)15-8-5-3-4-7(11-8)9(12)10(13)14/h3-6,9,12H,1-2H3,(H,13,14). The number of aliphatic hydroxyl groups excluding tert-OH is 1. The molecule has 0 bridgehead atoms. The van der Waals surface area contributed by atoms with Gasteiger partial charge in [-0.1, -0.05) is 6.07 Å². The fraction of sp³-hybridized carbons (Fsp3) is 0.400. The van der Waals surface area contributed by atoms with E-state index < -0.39 is 12.1 Å². The van der Waals surface area contributed by atoms with Crippen molar-refractivity contribution < 1.29 is 19.7 Å². The minimum absolute atomic E-state index is 0.0466. The average molecular weight is 211 g/mol. The van der Waals surface area contributed by atoms with Gasteiger partial charge in [-0.05, 0) is 19.9 Å². The van der Waals surface area contributed by atoms with Crippen molar-refractivity contribution in [1.82, 2.24) is 4.98 Å². The van der Waals surface area contributed by atoms with Crippen molar-refractivity contribution in [3.63, 3.8) is 0 Å². The lowest BCUT2D eigenvalue weighted by molar-refractivity contribution is -0.147. The van der Waals surface area contributed by atoms with Crippen molar-refractivity contribution >= 4 is 5.97 Å². The van der Waals surface area contributed by atoms with Crippen LogP contribution in [0.4, 0.5) is 0 Å². The molecule has 0 aliphatic rings. The zero-order valence-corrected chi connectivity index (χ0v) is 8.54. The van der Waals surface area contributed by atoms with Crippen LogP contribution in [0, 0.1) is 0 Å². The second-order valence-electron chi connectivity index (χ2n) is 3.31. The van der Waals surface area contributed by atoms with E-state index >= 15 is 0 Å². The van der Waals surface area contributed by atoms with Gasteiger partial charge in [0.2, 0.25) is 5.88 Å². The van der Waals surface area contributed by atoms with Gasteiger partial charge < -0.3 is 14.9 Å². The first-order valence-electron chi connectivity index (χ1n) is 4.55. The summed E-state index contributed by atoms with van der Waals surface area (Å²) in [5.41, 5.74) is 0.0700. The van der Waals surface area contributed by atoms with Gasteiger partial charge in [0.25, 0.3) is 0 Å². The fourth-order valence-electron chi connectivity index (χ4n) is 1.02. The topological polar surface area (TPSA) is 79.7 Å². The zero-order chi connectivity index (χ0) is 11.4. The Hall–Kier alpha value is -1.62. The van der Waals surface area contributed by atoms with Crippen LogP contribution >= 0.6 is 0 Å². The van der Waals surface area contributed by atoms with Crippen LogP contribution in [0.1, 0.15) is 25.6 Å². The second-order valence-corrected chi connectivity index (χ2v) is 3.31. The Balaban J connectivity index is 2.87. The van der Waals surface area contributed by atoms with E-state index in [1.165, 1.54) is 6.07 Å². The van der Waals surface area contributed by atoms with Crippen molar-refractivity contribution in [3.05, 3.63) is 23.9 Å². The molecule has 1 atom stereocenters. The first kappa shape index (κ1) is 11.5. The average Bonchev–Trinajstić information content (AvgIpc) is 2.16. The van der Waals surface area contributed by atoms with Crippen LogP contribution < -0.4 is 4.74 Å². The molecule has 15 heavy (non-hydrogen) atoms. The lowest BCUT2D eigenvalue weighted by atomic mass is 10.2. The van der Waals surface area contributed by atoms with E-state index in [0.29, 0.717) is 5.88 Å². The summed E-state index contributed by atoms with van der Waals surface area (Å²) in [6.45, 7) is 3.67. The van der Waals surface area contributed by atoms with Crippen LogP contribution in [-0.4, -0.2) is 27.3 Å². The minimum atomic E-state index is -1.61. The molecule has 0 spiro atoms. The van der Waals surface area contributed by atoms with Gasteiger partial charge in [0, 0.05) is 6.07 Å². The molecule has 1 rings (SSSR count). The van der Waals surface area contributed by atoms with Crippen molar-refractivity contribution in [2.75, 3.05) is 0 Å². The molecule has 0 saturated heterocycles. The predicted octanol–water partition coefficient (Wildman–Crippen LogP) is 0.987. The number of ether oxygens (including phenoxy) is 1. The highest BCUT2D eigenvalue weighted by molar-refractivity contribution is 5.73. The van der Waals surface area contributed by atoms with Gasteiger partial charge in [-0.25, -0.2) is 9.78 Å². The van der Waals surface area contributed by atoms with E-state index in [-0.39, 0.29) is 11.8 Å². The molecule has 0 aromatic carbocycles. The van der Waals surface area contributed by atoms with Crippen LogP contribution in [0.2, 0.25) is 0 Å². The summed E-state index contributed by atoms with van der Waals surface area (Å²) < 4.78 is 5.27. The maximum absolute atomic E-state index is 10.5. The van der Waals surface area contributed by atoms with Gasteiger partial charge in [-0.2, -0.15) is 0 Å². The summed E-state index contributed by atoms with van der Waals surface area (Å²) in [4.78, 5) is 14.4. The summed E-state index contributed by atoms with van der Waals surface area (Å²) in [6.07, 6.45) is -1.66. The molecular formula is C10H13NO4. The van der Waals surface area contributed by atoms with Crippen LogP contribution in [-0.2, 0) is 4.79 Å².